The van der Waals surface area contributed by atoms with E-state index >= 15 is 0 Å². The number of carbonyl (C=O) groups excluding carboxylic acids is 1. The van der Waals surface area contributed by atoms with Gasteiger partial charge in [0, 0.05) is 11.8 Å². The number of ether oxygens (including phenoxy) is 4. The summed E-state index contributed by atoms with van der Waals surface area (Å²) in [6.07, 6.45) is -1.72. The molecule has 0 unspecified atom stereocenters. The zero-order valence-corrected chi connectivity index (χ0v) is 14.3. The van der Waals surface area contributed by atoms with Crippen LogP contribution in [-0.4, -0.2) is 58.3 Å². The molecule has 3 aliphatic rings. The number of fused-ring (bicyclic) bond motifs is 1. The molecule has 2 aliphatic heterocycles. The minimum absolute atomic E-state index is 0.232. The van der Waals surface area contributed by atoms with E-state index in [0.717, 1.165) is 0 Å². The molecule has 0 aromatic heterocycles. The van der Waals surface area contributed by atoms with E-state index in [2.05, 4.69) is 0 Å². The number of hydrogen-bond acceptors (Lipinski definition) is 7. The minimum Gasteiger partial charge on any atom is -0.432 e. The third-order valence-electron chi connectivity index (χ3n) is 5.51. The average molecular weight is 330 g/mol. The van der Waals surface area contributed by atoms with Gasteiger partial charge < -0.3 is 29.2 Å². The van der Waals surface area contributed by atoms with Crippen molar-refractivity contribution in [2.75, 3.05) is 6.61 Å². The molecule has 1 saturated carbocycles. The van der Waals surface area contributed by atoms with Crippen molar-refractivity contribution in [1.82, 2.24) is 0 Å². The van der Waals surface area contributed by atoms with Crippen LogP contribution in [-0.2, 0) is 23.7 Å². The van der Waals surface area contributed by atoms with Crippen molar-refractivity contribution in [1.29, 1.82) is 0 Å². The Balaban J connectivity index is 1.83. The number of hydrogen-bond donors (Lipinski definition) is 2. The first-order valence-corrected chi connectivity index (χ1v) is 8.12. The second-order valence-electron chi connectivity index (χ2n) is 7.65. The summed E-state index contributed by atoms with van der Waals surface area (Å²) in [6.45, 7) is 9.09. The first-order valence-electron chi connectivity index (χ1n) is 8.12. The lowest BCUT2D eigenvalue weighted by atomic mass is 9.98. The predicted octanol–water partition coefficient (Wildman–Crippen LogP) is 0.708. The van der Waals surface area contributed by atoms with Crippen molar-refractivity contribution >= 4 is 5.97 Å². The normalized spacial score (nSPS) is 46.5. The van der Waals surface area contributed by atoms with Gasteiger partial charge in [0.2, 0.25) is 6.29 Å². The Hall–Kier alpha value is -0.730. The third kappa shape index (κ3) is 2.04. The molecule has 2 N–H and O–H groups in total. The Morgan fingerprint density at radius 2 is 1.87 bits per heavy atom. The van der Waals surface area contributed by atoms with Gasteiger partial charge in [0.15, 0.2) is 11.4 Å². The standard InChI is InChI=1S/C16H26O7/c1-6-7-10(17)21-12-16(19)13(2,3)15(16,18)11(22-12)9-8-20-14(4,5)23-9/h9,11-12,18-19H,6-8H2,1-5H3/t9-,11-,12+,15-,16+/m1/s1. The fraction of sp³-hybridized carbons (Fsp3) is 0.938. The zero-order valence-electron chi connectivity index (χ0n) is 14.3. The summed E-state index contributed by atoms with van der Waals surface area (Å²) in [5.74, 6) is -1.24. The van der Waals surface area contributed by atoms with Gasteiger partial charge in [-0.2, -0.15) is 0 Å². The molecule has 0 aromatic carbocycles. The van der Waals surface area contributed by atoms with Crippen LogP contribution in [0, 0.1) is 5.41 Å². The van der Waals surface area contributed by atoms with Crippen LogP contribution in [0.15, 0.2) is 0 Å². The highest BCUT2D eigenvalue weighted by atomic mass is 16.8. The van der Waals surface area contributed by atoms with E-state index in [1.165, 1.54) is 0 Å². The molecular weight excluding hydrogens is 304 g/mol. The van der Waals surface area contributed by atoms with E-state index in [1.54, 1.807) is 27.7 Å². The van der Waals surface area contributed by atoms with Crippen molar-refractivity contribution in [2.45, 2.75) is 82.9 Å². The van der Waals surface area contributed by atoms with Crippen LogP contribution in [0.2, 0.25) is 0 Å². The van der Waals surface area contributed by atoms with Gasteiger partial charge in [-0.05, 0) is 20.3 Å². The molecule has 0 radical (unpaired) electrons. The van der Waals surface area contributed by atoms with Gasteiger partial charge in [-0.25, -0.2) is 0 Å². The van der Waals surface area contributed by atoms with Crippen molar-refractivity contribution in [2.24, 2.45) is 5.41 Å². The monoisotopic (exact) mass is 330 g/mol. The van der Waals surface area contributed by atoms with E-state index in [0.29, 0.717) is 6.42 Å². The highest BCUT2D eigenvalue weighted by Crippen LogP contribution is 2.73. The Kier molecular flexibility index (Phi) is 3.64. The highest BCUT2D eigenvalue weighted by Gasteiger charge is 2.94. The summed E-state index contributed by atoms with van der Waals surface area (Å²) in [4.78, 5) is 11.8. The van der Waals surface area contributed by atoms with E-state index in [1.807, 2.05) is 6.92 Å². The molecule has 132 valence electrons. The highest BCUT2D eigenvalue weighted by molar-refractivity contribution is 5.69. The van der Waals surface area contributed by atoms with Gasteiger partial charge in [0.1, 0.15) is 17.8 Å². The lowest BCUT2D eigenvalue weighted by molar-refractivity contribution is -0.228. The van der Waals surface area contributed by atoms with Crippen molar-refractivity contribution in [3.8, 4) is 0 Å². The van der Waals surface area contributed by atoms with Crippen molar-refractivity contribution < 1.29 is 34.0 Å². The molecular formula is C16H26O7. The zero-order chi connectivity index (χ0) is 17.3. The third-order valence-corrected chi connectivity index (χ3v) is 5.51. The van der Waals surface area contributed by atoms with Crippen molar-refractivity contribution in [3.05, 3.63) is 0 Å². The molecule has 3 fully saturated rings. The van der Waals surface area contributed by atoms with Crippen LogP contribution < -0.4 is 0 Å². The molecule has 7 heteroatoms. The van der Waals surface area contributed by atoms with Crippen LogP contribution in [0.5, 0.6) is 0 Å². The Bertz CT molecular complexity index is 517. The Labute approximate surface area is 135 Å². The van der Waals surface area contributed by atoms with E-state index in [4.69, 9.17) is 18.9 Å². The molecule has 1 aliphatic carbocycles. The quantitative estimate of drug-likeness (QED) is 0.733. The summed E-state index contributed by atoms with van der Waals surface area (Å²) >= 11 is 0. The Morgan fingerprint density at radius 3 is 2.39 bits per heavy atom. The summed E-state index contributed by atoms with van der Waals surface area (Å²) in [6, 6.07) is 0. The molecule has 3 rings (SSSR count). The molecule has 5 atom stereocenters. The van der Waals surface area contributed by atoms with Gasteiger partial charge >= 0.3 is 5.97 Å². The fourth-order valence-electron chi connectivity index (χ4n) is 3.99. The van der Waals surface area contributed by atoms with Crippen LogP contribution in [0.25, 0.3) is 0 Å². The second-order valence-corrected chi connectivity index (χ2v) is 7.65. The SMILES string of the molecule is CCCC(=O)O[C@H]1O[C@H]([C@H]2COC(C)(C)O2)[C@@]2(O)C(C)(C)[C@@]12O. The molecule has 0 bridgehead atoms. The summed E-state index contributed by atoms with van der Waals surface area (Å²) < 4.78 is 22.3. The molecule has 23 heavy (non-hydrogen) atoms. The number of rotatable bonds is 4. The van der Waals surface area contributed by atoms with E-state index < -0.39 is 46.9 Å². The number of carbonyl (C=O) groups is 1. The average Bonchev–Trinajstić information content (AvgIpc) is 2.75. The predicted molar refractivity (Wildman–Crippen MR) is 78.2 cm³/mol. The summed E-state index contributed by atoms with van der Waals surface area (Å²) in [5.41, 5.74) is -4.08. The largest absolute Gasteiger partial charge is 0.432 e. The molecule has 0 spiro atoms. The lowest BCUT2D eigenvalue weighted by Gasteiger charge is -2.29. The fourth-order valence-corrected chi connectivity index (χ4v) is 3.99. The van der Waals surface area contributed by atoms with Gasteiger partial charge in [0.25, 0.3) is 0 Å². The molecule has 2 saturated heterocycles. The van der Waals surface area contributed by atoms with Gasteiger partial charge in [-0.1, -0.05) is 20.8 Å². The van der Waals surface area contributed by atoms with E-state index in [-0.39, 0.29) is 13.0 Å². The molecule has 2 heterocycles. The molecule has 7 nitrogen and oxygen atoms in total. The van der Waals surface area contributed by atoms with Gasteiger partial charge in [-0.3, -0.25) is 4.79 Å². The van der Waals surface area contributed by atoms with Crippen LogP contribution in [0.3, 0.4) is 0 Å². The van der Waals surface area contributed by atoms with E-state index in [9.17, 15) is 15.0 Å². The maximum absolute atomic E-state index is 11.8. The number of esters is 1. The van der Waals surface area contributed by atoms with Gasteiger partial charge in [-0.15, -0.1) is 0 Å². The molecule has 0 amide bonds. The maximum Gasteiger partial charge on any atom is 0.308 e. The van der Waals surface area contributed by atoms with Crippen LogP contribution in [0.4, 0.5) is 0 Å². The first-order chi connectivity index (χ1) is 10.5. The first kappa shape index (κ1) is 17.1. The number of aliphatic hydroxyl groups is 2. The summed E-state index contributed by atoms with van der Waals surface area (Å²) in [7, 11) is 0. The molecule has 0 aromatic rings. The van der Waals surface area contributed by atoms with Crippen LogP contribution in [0.1, 0.15) is 47.5 Å². The Morgan fingerprint density at radius 1 is 1.22 bits per heavy atom. The minimum atomic E-state index is -1.65. The lowest BCUT2D eigenvalue weighted by Crippen LogP contribution is -2.45. The van der Waals surface area contributed by atoms with Crippen molar-refractivity contribution in [3.63, 3.8) is 0 Å². The second kappa shape index (κ2) is 4.89. The topological polar surface area (TPSA) is 94.5 Å². The summed E-state index contributed by atoms with van der Waals surface area (Å²) in [5, 5.41) is 22.0. The van der Waals surface area contributed by atoms with Crippen LogP contribution >= 0.6 is 0 Å². The smallest absolute Gasteiger partial charge is 0.308 e. The van der Waals surface area contributed by atoms with Gasteiger partial charge in [0.05, 0.1) is 6.61 Å². The maximum atomic E-state index is 11.8.